The Morgan fingerprint density at radius 1 is 1.61 bits per heavy atom. The highest BCUT2D eigenvalue weighted by Gasteiger charge is 2.30. The Bertz CT molecular complexity index is 429. The van der Waals surface area contributed by atoms with Gasteiger partial charge in [-0.25, -0.2) is 0 Å². The maximum Gasteiger partial charge on any atom is 0.325 e. The van der Waals surface area contributed by atoms with Gasteiger partial charge in [-0.2, -0.15) is 0 Å². The average Bonchev–Trinajstić information content (AvgIpc) is 2.82. The maximum atomic E-state index is 11.5. The van der Waals surface area contributed by atoms with Crippen molar-refractivity contribution in [3.8, 4) is 0 Å². The topological polar surface area (TPSA) is 86.3 Å². The first-order valence-electron chi connectivity index (χ1n) is 5.99. The van der Waals surface area contributed by atoms with Crippen LogP contribution in [0.15, 0.2) is 6.33 Å². The molecule has 2 heterocycles. The van der Waals surface area contributed by atoms with E-state index in [0.29, 0.717) is 6.42 Å². The molecule has 0 amide bonds. The van der Waals surface area contributed by atoms with E-state index < -0.39 is 5.54 Å². The number of rotatable bonds is 4. The summed E-state index contributed by atoms with van der Waals surface area (Å²) < 4.78 is 6.73. The Morgan fingerprint density at radius 3 is 3.11 bits per heavy atom. The monoisotopic (exact) mass is 253 g/mol. The van der Waals surface area contributed by atoms with Crippen LogP contribution in [-0.4, -0.2) is 51.4 Å². The second-order valence-electron chi connectivity index (χ2n) is 4.88. The molecule has 0 spiro atoms. The van der Waals surface area contributed by atoms with Gasteiger partial charge in [0.05, 0.1) is 13.7 Å². The van der Waals surface area contributed by atoms with Crippen molar-refractivity contribution in [1.82, 2.24) is 19.7 Å². The second kappa shape index (κ2) is 5.03. The van der Waals surface area contributed by atoms with Crippen LogP contribution >= 0.6 is 0 Å². The number of methoxy groups -OCH3 is 1. The Hall–Kier alpha value is -1.47. The fraction of sp³-hybridized carbons (Fsp3) is 0.727. The van der Waals surface area contributed by atoms with Gasteiger partial charge in [-0.05, 0) is 13.3 Å². The highest BCUT2D eigenvalue weighted by Crippen LogP contribution is 2.13. The quantitative estimate of drug-likeness (QED) is 0.719. The number of aromatic nitrogens is 3. The summed E-state index contributed by atoms with van der Waals surface area (Å²) in [5.74, 6) is 0.584. The van der Waals surface area contributed by atoms with Gasteiger partial charge in [-0.15, -0.1) is 10.2 Å². The molecule has 1 atom stereocenters. The third-order valence-electron chi connectivity index (χ3n) is 3.32. The largest absolute Gasteiger partial charge is 0.468 e. The molecule has 2 N–H and O–H groups in total. The molecule has 2 rings (SSSR count). The van der Waals surface area contributed by atoms with E-state index in [-0.39, 0.29) is 5.97 Å². The van der Waals surface area contributed by atoms with E-state index in [4.69, 9.17) is 5.73 Å². The van der Waals surface area contributed by atoms with Gasteiger partial charge in [0.15, 0.2) is 0 Å². The zero-order chi connectivity index (χ0) is 13.2. The molecule has 0 saturated heterocycles. The summed E-state index contributed by atoms with van der Waals surface area (Å²) >= 11 is 0. The van der Waals surface area contributed by atoms with Crippen molar-refractivity contribution in [2.75, 3.05) is 20.2 Å². The van der Waals surface area contributed by atoms with Crippen LogP contribution < -0.4 is 5.73 Å². The van der Waals surface area contributed by atoms with Crippen molar-refractivity contribution in [3.63, 3.8) is 0 Å². The van der Waals surface area contributed by atoms with Crippen molar-refractivity contribution in [3.05, 3.63) is 12.2 Å². The summed E-state index contributed by atoms with van der Waals surface area (Å²) in [5, 5.41) is 7.93. The number of hydrogen-bond donors (Lipinski definition) is 1. The van der Waals surface area contributed by atoms with Crippen LogP contribution in [0.3, 0.4) is 0 Å². The predicted octanol–water partition coefficient (Wildman–Crippen LogP) is -0.626. The summed E-state index contributed by atoms with van der Waals surface area (Å²) in [7, 11) is 1.36. The van der Waals surface area contributed by atoms with E-state index in [1.807, 2.05) is 4.57 Å². The second-order valence-corrected chi connectivity index (χ2v) is 4.88. The fourth-order valence-corrected chi connectivity index (χ4v) is 2.03. The number of hydrogen-bond acceptors (Lipinski definition) is 6. The van der Waals surface area contributed by atoms with Crippen molar-refractivity contribution in [1.29, 1.82) is 0 Å². The minimum absolute atomic E-state index is 0.373. The molecule has 0 bridgehead atoms. The summed E-state index contributed by atoms with van der Waals surface area (Å²) in [6.07, 6.45) is 2.31. The molecule has 18 heavy (non-hydrogen) atoms. The van der Waals surface area contributed by atoms with Gasteiger partial charge in [0.2, 0.25) is 0 Å². The minimum Gasteiger partial charge on any atom is -0.468 e. The van der Waals surface area contributed by atoms with Gasteiger partial charge >= 0.3 is 5.97 Å². The highest BCUT2D eigenvalue weighted by atomic mass is 16.5. The van der Waals surface area contributed by atoms with Gasteiger partial charge in [-0.3, -0.25) is 9.69 Å². The Balaban J connectivity index is 1.87. The summed E-state index contributed by atoms with van der Waals surface area (Å²) in [4.78, 5) is 13.7. The molecule has 0 aliphatic carbocycles. The van der Waals surface area contributed by atoms with E-state index in [0.717, 1.165) is 32.0 Å². The summed E-state index contributed by atoms with van der Waals surface area (Å²) in [6.45, 7) is 4.99. The number of ether oxygens (including phenoxy) is 1. The predicted molar refractivity (Wildman–Crippen MR) is 64.5 cm³/mol. The highest BCUT2D eigenvalue weighted by molar-refractivity contribution is 5.79. The SMILES string of the molecule is COC(=O)C(C)(N)CCN1CCn2cnnc2C1. The molecular formula is C11H19N5O2. The first kappa shape index (κ1) is 13.0. The molecule has 0 radical (unpaired) electrons. The van der Waals surface area contributed by atoms with Crippen LogP contribution in [-0.2, 0) is 22.6 Å². The Morgan fingerprint density at radius 2 is 2.39 bits per heavy atom. The van der Waals surface area contributed by atoms with Gasteiger partial charge < -0.3 is 15.0 Å². The summed E-state index contributed by atoms with van der Waals surface area (Å²) in [6, 6.07) is 0. The van der Waals surface area contributed by atoms with Crippen molar-refractivity contribution in [2.45, 2.75) is 32.0 Å². The first-order valence-corrected chi connectivity index (χ1v) is 5.99. The number of carbonyl (C=O) groups is 1. The van der Waals surface area contributed by atoms with Crippen LogP contribution in [0.5, 0.6) is 0 Å². The smallest absolute Gasteiger partial charge is 0.325 e. The lowest BCUT2D eigenvalue weighted by molar-refractivity contribution is -0.146. The van der Waals surface area contributed by atoms with Crippen LogP contribution in [0, 0.1) is 0 Å². The van der Waals surface area contributed by atoms with Crippen LogP contribution in [0.4, 0.5) is 0 Å². The molecular weight excluding hydrogens is 234 g/mol. The number of fused-ring (bicyclic) bond motifs is 1. The van der Waals surface area contributed by atoms with Crippen LogP contribution in [0.25, 0.3) is 0 Å². The normalized spacial score (nSPS) is 19.1. The molecule has 1 aromatic rings. The van der Waals surface area contributed by atoms with Crippen LogP contribution in [0.1, 0.15) is 19.2 Å². The molecule has 100 valence electrons. The zero-order valence-corrected chi connectivity index (χ0v) is 10.8. The van der Waals surface area contributed by atoms with Crippen molar-refractivity contribution in [2.24, 2.45) is 5.73 Å². The van der Waals surface area contributed by atoms with Gasteiger partial charge in [0.25, 0.3) is 0 Å². The van der Waals surface area contributed by atoms with E-state index >= 15 is 0 Å². The molecule has 0 aromatic carbocycles. The number of nitrogens with two attached hydrogens (primary N) is 1. The molecule has 1 aliphatic heterocycles. The zero-order valence-electron chi connectivity index (χ0n) is 10.8. The van der Waals surface area contributed by atoms with E-state index in [2.05, 4.69) is 19.8 Å². The standard InChI is InChI=1S/C11H19N5O2/c1-11(12,10(17)18-2)3-4-15-5-6-16-8-13-14-9(16)7-15/h8H,3-7,12H2,1-2H3. The molecule has 1 unspecified atom stereocenters. The average molecular weight is 253 g/mol. The Labute approximate surface area is 106 Å². The van der Waals surface area contributed by atoms with E-state index in [1.165, 1.54) is 7.11 Å². The molecule has 7 nitrogen and oxygen atoms in total. The molecule has 1 aromatic heterocycles. The maximum absolute atomic E-state index is 11.5. The van der Waals surface area contributed by atoms with Gasteiger partial charge in [-0.1, -0.05) is 0 Å². The fourth-order valence-electron chi connectivity index (χ4n) is 2.03. The lowest BCUT2D eigenvalue weighted by Gasteiger charge is -2.30. The number of carbonyl (C=O) groups excluding carboxylic acids is 1. The van der Waals surface area contributed by atoms with Crippen molar-refractivity contribution >= 4 is 5.97 Å². The third kappa shape index (κ3) is 2.68. The lowest BCUT2D eigenvalue weighted by atomic mass is 9.99. The van der Waals surface area contributed by atoms with Gasteiger partial charge in [0.1, 0.15) is 17.7 Å². The summed E-state index contributed by atoms with van der Waals surface area (Å²) in [5.41, 5.74) is 5.00. The van der Waals surface area contributed by atoms with E-state index in [1.54, 1.807) is 13.3 Å². The third-order valence-corrected chi connectivity index (χ3v) is 3.32. The number of esters is 1. The van der Waals surface area contributed by atoms with Gasteiger partial charge in [0, 0.05) is 19.6 Å². The molecule has 0 fully saturated rings. The molecule has 7 heteroatoms. The van der Waals surface area contributed by atoms with E-state index in [9.17, 15) is 4.79 Å². The first-order chi connectivity index (χ1) is 8.53. The number of nitrogens with zero attached hydrogens (tertiary/aromatic N) is 4. The van der Waals surface area contributed by atoms with Crippen LogP contribution in [0.2, 0.25) is 0 Å². The Kier molecular flexibility index (Phi) is 3.63. The van der Waals surface area contributed by atoms with Crippen molar-refractivity contribution < 1.29 is 9.53 Å². The molecule has 0 saturated carbocycles. The molecule has 1 aliphatic rings. The lowest BCUT2D eigenvalue weighted by Crippen LogP contribution is -2.48. The minimum atomic E-state index is -0.931.